The van der Waals surface area contributed by atoms with Gasteiger partial charge >= 0.3 is 0 Å². The van der Waals surface area contributed by atoms with Gasteiger partial charge in [0, 0.05) is 30.5 Å². The predicted octanol–water partition coefficient (Wildman–Crippen LogP) is 2.90. The van der Waals surface area contributed by atoms with Crippen LogP contribution in [0.2, 0.25) is 0 Å². The number of benzene rings is 1. The highest BCUT2D eigenvalue weighted by Crippen LogP contribution is 2.03. The molecule has 0 saturated heterocycles. The summed E-state index contributed by atoms with van der Waals surface area (Å²) >= 11 is 0. The smallest absolute Gasteiger partial charge is 0.242 e. The Kier molecular flexibility index (Phi) is 13.1. The summed E-state index contributed by atoms with van der Waals surface area (Å²) in [5.41, 5.74) is 9.14. The maximum absolute atomic E-state index is 12.1. The normalized spacial score (nSPS) is 11.4. The van der Waals surface area contributed by atoms with Gasteiger partial charge in [0.25, 0.3) is 0 Å². The molecule has 0 radical (unpaired) electrons. The van der Waals surface area contributed by atoms with Crippen molar-refractivity contribution < 1.29 is 9.59 Å². The molecular weight excluding hydrogens is 428 g/mol. The first-order chi connectivity index (χ1) is 16.3. The molecule has 0 fully saturated rings. The van der Waals surface area contributed by atoms with Gasteiger partial charge in [-0.1, -0.05) is 62.6 Å². The number of allylic oxidation sites excluding steroid dienone is 4. The first kappa shape index (κ1) is 28.1. The zero-order chi connectivity index (χ0) is 25.3. The highest BCUT2D eigenvalue weighted by atomic mass is 16.2. The van der Waals surface area contributed by atoms with E-state index in [0.717, 1.165) is 17.7 Å². The molecule has 0 aliphatic heterocycles. The van der Waals surface area contributed by atoms with Crippen molar-refractivity contribution in [1.29, 1.82) is 5.41 Å². The molecule has 34 heavy (non-hydrogen) atoms. The summed E-state index contributed by atoms with van der Waals surface area (Å²) in [6.07, 6.45) is 8.45. The number of aromatic amines is 1. The fourth-order valence-corrected chi connectivity index (χ4v) is 2.77. The standard InChI is InChI=1S/C18H24N6O2.C8H12/c1-12(24-16(25)11-21-10-15-3-2-8-22-15)18(26)23-9-13-4-6-14(7-5-13)17(19)20;1-4-7-8(5-2)6-3/h2-8,12,21-22H,9-11H2,1H3,(H3,19,20)(H,23,26)(H,24,25);4-5,7H,1-2,6H2,3H3/b;8-7+. The number of carbonyl (C=O) groups is 2. The Morgan fingerprint density at radius 2 is 1.88 bits per heavy atom. The van der Waals surface area contributed by atoms with Crippen LogP contribution in [0.3, 0.4) is 0 Å². The number of amides is 2. The van der Waals surface area contributed by atoms with Crippen molar-refractivity contribution in [3.8, 4) is 0 Å². The van der Waals surface area contributed by atoms with Crippen LogP contribution in [0.5, 0.6) is 0 Å². The van der Waals surface area contributed by atoms with Crippen LogP contribution >= 0.6 is 0 Å². The highest BCUT2D eigenvalue weighted by molar-refractivity contribution is 5.94. The lowest BCUT2D eigenvalue weighted by molar-refractivity contribution is -0.128. The number of amidine groups is 1. The van der Waals surface area contributed by atoms with Crippen LogP contribution < -0.4 is 21.7 Å². The third kappa shape index (κ3) is 11.1. The maximum Gasteiger partial charge on any atom is 0.242 e. The van der Waals surface area contributed by atoms with Crippen LogP contribution in [0.15, 0.2) is 79.6 Å². The lowest BCUT2D eigenvalue weighted by Crippen LogP contribution is -2.47. The van der Waals surface area contributed by atoms with E-state index in [1.165, 1.54) is 5.57 Å². The fraction of sp³-hybridized carbons (Fsp3) is 0.269. The van der Waals surface area contributed by atoms with E-state index in [1.54, 1.807) is 37.3 Å². The average Bonchev–Trinajstić information content (AvgIpc) is 3.35. The lowest BCUT2D eigenvalue weighted by Gasteiger charge is -2.14. The largest absolute Gasteiger partial charge is 0.384 e. The molecule has 0 aliphatic carbocycles. The van der Waals surface area contributed by atoms with Gasteiger partial charge in [-0.3, -0.25) is 15.0 Å². The number of aromatic nitrogens is 1. The van der Waals surface area contributed by atoms with E-state index >= 15 is 0 Å². The molecule has 0 aliphatic rings. The van der Waals surface area contributed by atoms with E-state index in [4.69, 9.17) is 11.1 Å². The van der Waals surface area contributed by atoms with Crippen LogP contribution in [0, 0.1) is 5.41 Å². The number of carbonyl (C=O) groups excluding carboxylic acids is 2. The molecule has 0 saturated carbocycles. The number of nitrogens with one attached hydrogen (secondary N) is 5. The Labute approximate surface area is 201 Å². The number of rotatable bonds is 12. The minimum absolute atomic E-state index is 0.00166. The van der Waals surface area contributed by atoms with Gasteiger partial charge in [0.05, 0.1) is 6.54 Å². The van der Waals surface area contributed by atoms with Gasteiger partial charge in [0.2, 0.25) is 11.8 Å². The maximum atomic E-state index is 12.1. The summed E-state index contributed by atoms with van der Waals surface area (Å²) in [5.74, 6) is -0.509. The minimum Gasteiger partial charge on any atom is -0.384 e. The number of nitrogens with two attached hydrogens (primary N) is 1. The molecule has 1 aromatic heterocycles. The molecule has 8 heteroatoms. The molecule has 2 rings (SSSR count). The predicted molar refractivity (Wildman–Crippen MR) is 138 cm³/mol. The van der Waals surface area contributed by atoms with Crippen LogP contribution in [0.25, 0.3) is 0 Å². The topological polar surface area (TPSA) is 136 Å². The Morgan fingerprint density at radius 1 is 1.18 bits per heavy atom. The molecule has 182 valence electrons. The van der Waals surface area contributed by atoms with Gasteiger partial charge in [0.1, 0.15) is 11.9 Å². The van der Waals surface area contributed by atoms with E-state index < -0.39 is 6.04 Å². The molecule has 2 aromatic rings. The Balaban J connectivity index is 0.000000620. The first-order valence-corrected chi connectivity index (χ1v) is 11.1. The summed E-state index contributed by atoms with van der Waals surface area (Å²) in [6.45, 7) is 12.0. The third-order valence-electron chi connectivity index (χ3n) is 4.77. The molecule has 8 nitrogen and oxygen atoms in total. The second kappa shape index (κ2) is 15.8. The average molecular weight is 465 g/mol. The van der Waals surface area contributed by atoms with Crippen molar-refractivity contribution in [2.45, 2.75) is 39.4 Å². The van der Waals surface area contributed by atoms with Gasteiger partial charge in [-0.2, -0.15) is 0 Å². The summed E-state index contributed by atoms with van der Waals surface area (Å²) in [7, 11) is 0. The number of hydrogen-bond acceptors (Lipinski definition) is 4. The highest BCUT2D eigenvalue weighted by Gasteiger charge is 2.15. The zero-order valence-corrected chi connectivity index (χ0v) is 20.0. The Bertz CT molecular complexity index is 962. The molecule has 1 atom stereocenters. The van der Waals surface area contributed by atoms with Crippen molar-refractivity contribution in [3.05, 3.63) is 96.4 Å². The molecular formula is C26H36N6O2. The summed E-state index contributed by atoms with van der Waals surface area (Å²) in [5, 5.41) is 15.8. The molecule has 1 unspecified atom stereocenters. The van der Waals surface area contributed by atoms with Crippen LogP contribution in [0.4, 0.5) is 0 Å². The van der Waals surface area contributed by atoms with Gasteiger partial charge in [-0.05, 0) is 36.6 Å². The van der Waals surface area contributed by atoms with Gasteiger partial charge in [0.15, 0.2) is 0 Å². The lowest BCUT2D eigenvalue weighted by atomic mass is 10.1. The van der Waals surface area contributed by atoms with E-state index in [2.05, 4.69) is 41.0 Å². The second-order valence-electron chi connectivity index (χ2n) is 7.45. The zero-order valence-electron chi connectivity index (χ0n) is 20.0. The third-order valence-corrected chi connectivity index (χ3v) is 4.77. The van der Waals surface area contributed by atoms with E-state index in [-0.39, 0.29) is 24.2 Å². The van der Waals surface area contributed by atoms with Crippen molar-refractivity contribution in [2.75, 3.05) is 6.54 Å². The Hall–Kier alpha value is -3.91. The quantitative estimate of drug-likeness (QED) is 0.163. The SMILES string of the molecule is C=C/C=C(\C=C)CC.CC(NC(=O)CNCc1ccc[nH]1)C(=O)NCc1ccc(C(=N)N)cc1. The van der Waals surface area contributed by atoms with E-state index in [0.29, 0.717) is 18.7 Å². The van der Waals surface area contributed by atoms with E-state index in [9.17, 15) is 9.59 Å². The van der Waals surface area contributed by atoms with E-state index in [1.807, 2.05) is 30.5 Å². The fourth-order valence-electron chi connectivity index (χ4n) is 2.77. The van der Waals surface area contributed by atoms with Gasteiger partial charge < -0.3 is 26.7 Å². The monoisotopic (exact) mass is 464 g/mol. The molecule has 2 amide bonds. The van der Waals surface area contributed by atoms with Crippen LogP contribution in [-0.2, 0) is 22.7 Å². The number of H-pyrrole nitrogens is 1. The Morgan fingerprint density at radius 3 is 2.38 bits per heavy atom. The van der Waals surface area contributed by atoms with Crippen LogP contribution in [-0.4, -0.2) is 35.2 Å². The van der Waals surface area contributed by atoms with Crippen molar-refractivity contribution in [1.82, 2.24) is 20.9 Å². The number of nitrogen functional groups attached to an aromatic ring is 1. The molecule has 7 N–H and O–H groups in total. The minimum atomic E-state index is -0.633. The molecule has 0 spiro atoms. The van der Waals surface area contributed by atoms with Gasteiger partial charge in [-0.25, -0.2) is 0 Å². The second-order valence-corrected chi connectivity index (χ2v) is 7.45. The van der Waals surface area contributed by atoms with Crippen molar-refractivity contribution in [3.63, 3.8) is 0 Å². The summed E-state index contributed by atoms with van der Waals surface area (Å²) in [6, 6.07) is 10.2. The summed E-state index contributed by atoms with van der Waals surface area (Å²) < 4.78 is 0. The van der Waals surface area contributed by atoms with Crippen molar-refractivity contribution in [2.24, 2.45) is 5.73 Å². The van der Waals surface area contributed by atoms with Gasteiger partial charge in [-0.15, -0.1) is 0 Å². The molecule has 1 aromatic carbocycles. The molecule has 1 heterocycles. The molecule has 0 bridgehead atoms. The summed E-state index contributed by atoms with van der Waals surface area (Å²) in [4.78, 5) is 27.0. The van der Waals surface area contributed by atoms with Crippen LogP contribution in [0.1, 0.15) is 37.1 Å². The first-order valence-electron chi connectivity index (χ1n) is 11.1. The number of hydrogen-bond donors (Lipinski definition) is 6. The van der Waals surface area contributed by atoms with Crippen molar-refractivity contribution >= 4 is 17.6 Å².